The van der Waals surface area contributed by atoms with Crippen LogP contribution in [0, 0.1) is 0 Å². The zero-order valence-corrected chi connectivity index (χ0v) is 15.6. The lowest BCUT2D eigenvalue weighted by atomic mass is 10.1. The minimum absolute atomic E-state index is 0.0443. The van der Waals surface area contributed by atoms with Gasteiger partial charge in [0.15, 0.2) is 0 Å². The number of nitrogens with zero attached hydrogens (tertiary/aromatic N) is 2. The minimum atomic E-state index is -3.34. The normalized spacial score (nSPS) is 16.3. The number of likely N-dealkylation sites (N-methyl/N-ethyl adjacent to an activating group) is 1. The van der Waals surface area contributed by atoms with Gasteiger partial charge in [-0.3, -0.25) is 4.79 Å². The first-order valence-electron chi connectivity index (χ1n) is 8.56. The third-order valence-corrected chi connectivity index (χ3v) is 6.30. The van der Waals surface area contributed by atoms with Gasteiger partial charge in [0.2, 0.25) is 10.0 Å². The molecular weight excluding hydrogens is 350 g/mol. The maximum Gasteiger partial charge on any atom is 0.255 e. The summed E-state index contributed by atoms with van der Waals surface area (Å²) >= 11 is 0. The van der Waals surface area contributed by atoms with E-state index in [4.69, 9.17) is 0 Å². The predicted molar refractivity (Wildman–Crippen MR) is 103 cm³/mol. The number of carbonyl (C=O) groups is 1. The maximum absolute atomic E-state index is 12.5. The van der Waals surface area contributed by atoms with Crippen LogP contribution in [0.15, 0.2) is 54.6 Å². The van der Waals surface area contributed by atoms with E-state index in [1.54, 1.807) is 28.6 Å². The lowest BCUT2D eigenvalue weighted by Gasteiger charge is -2.31. The zero-order chi connectivity index (χ0) is 18.6. The summed E-state index contributed by atoms with van der Waals surface area (Å²) in [4.78, 5) is 14.4. The van der Waals surface area contributed by atoms with Gasteiger partial charge in [-0.1, -0.05) is 30.3 Å². The van der Waals surface area contributed by atoms with Crippen LogP contribution in [0.2, 0.25) is 0 Å². The molecule has 1 N–H and O–H groups in total. The van der Waals surface area contributed by atoms with Crippen molar-refractivity contribution in [1.29, 1.82) is 0 Å². The van der Waals surface area contributed by atoms with Crippen molar-refractivity contribution in [3.05, 3.63) is 65.7 Å². The van der Waals surface area contributed by atoms with Crippen molar-refractivity contribution in [2.24, 2.45) is 0 Å². The van der Waals surface area contributed by atoms with Crippen molar-refractivity contribution in [3.8, 4) is 0 Å². The summed E-state index contributed by atoms with van der Waals surface area (Å²) in [5.41, 5.74) is 1.90. The average Bonchev–Trinajstić information content (AvgIpc) is 2.63. The molecule has 138 valence electrons. The summed E-state index contributed by atoms with van der Waals surface area (Å²) in [6, 6.07) is 15.9. The number of para-hydroxylation sites is 1. The fourth-order valence-corrected chi connectivity index (χ4v) is 4.36. The van der Waals surface area contributed by atoms with Crippen molar-refractivity contribution < 1.29 is 13.2 Å². The molecule has 6 nitrogen and oxygen atoms in total. The van der Waals surface area contributed by atoms with Crippen LogP contribution < -0.4 is 5.32 Å². The van der Waals surface area contributed by atoms with Gasteiger partial charge in [-0.25, -0.2) is 8.42 Å². The monoisotopic (exact) mass is 373 g/mol. The Morgan fingerprint density at radius 3 is 2.19 bits per heavy atom. The van der Waals surface area contributed by atoms with Crippen molar-refractivity contribution >= 4 is 21.6 Å². The van der Waals surface area contributed by atoms with Crippen molar-refractivity contribution in [1.82, 2.24) is 9.21 Å². The summed E-state index contributed by atoms with van der Waals surface area (Å²) in [5, 5.41) is 2.81. The standard InChI is InChI=1S/C19H23N3O3S/c1-21-11-13-22(14-12-21)26(24,25)15-16-7-9-17(10-8-16)19(23)20-18-5-3-2-4-6-18/h2-10H,11-15H2,1H3,(H,20,23). The topological polar surface area (TPSA) is 69.7 Å². The highest BCUT2D eigenvalue weighted by Gasteiger charge is 2.25. The Bertz CT molecular complexity index is 843. The third-order valence-electron chi connectivity index (χ3n) is 4.45. The molecule has 0 spiro atoms. The molecule has 2 aromatic rings. The molecule has 2 aromatic carbocycles. The Morgan fingerprint density at radius 1 is 0.962 bits per heavy atom. The van der Waals surface area contributed by atoms with E-state index < -0.39 is 10.0 Å². The molecule has 1 amide bonds. The molecule has 1 aliphatic heterocycles. The van der Waals surface area contributed by atoms with E-state index >= 15 is 0 Å². The van der Waals surface area contributed by atoms with Gasteiger partial charge in [-0.15, -0.1) is 0 Å². The van der Waals surface area contributed by atoms with Crippen molar-refractivity contribution in [2.75, 3.05) is 38.5 Å². The van der Waals surface area contributed by atoms with Gasteiger partial charge in [0, 0.05) is 37.4 Å². The number of rotatable bonds is 5. The first kappa shape index (κ1) is 18.6. The van der Waals surface area contributed by atoms with E-state index in [-0.39, 0.29) is 11.7 Å². The number of sulfonamides is 1. The molecule has 1 aliphatic rings. The summed E-state index contributed by atoms with van der Waals surface area (Å²) in [6.07, 6.45) is 0. The average molecular weight is 373 g/mol. The highest BCUT2D eigenvalue weighted by Crippen LogP contribution is 2.15. The molecule has 0 aliphatic carbocycles. The lowest BCUT2D eigenvalue weighted by Crippen LogP contribution is -2.47. The smallest absolute Gasteiger partial charge is 0.255 e. The summed E-state index contributed by atoms with van der Waals surface area (Å²) in [7, 11) is -1.35. The first-order valence-corrected chi connectivity index (χ1v) is 10.2. The molecule has 1 fully saturated rings. The van der Waals surface area contributed by atoms with E-state index in [9.17, 15) is 13.2 Å². The quantitative estimate of drug-likeness (QED) is 0.871. The number of benzene rings is 2. The second kappa shape index (κ2) is 7.99. The van der Waals surface area contributed by atoms with Crippen LogP contribution >= 0.6 is 0 Å². The summed E-state index contributed by atoms with van der Waals surface area (Å²) in [5.74, 6) is -0.262. The van der Waals surface area contributed by atoms with Crippen LogP contribution in [-0.4, -0.2) is 56.8 Å². The van der Waals surface area contributed by atoms with Crippen LogP contribution in [-0.2, 0) is 15.8 Å². The number of carbonyl (C=O) groups excluding carboxylic acids is 1. The van der Waals surface area contributed by atoms with Gasteiger partial charge in [0.25, 0.3) is 5.91 Å². The van der Waals surface area contributed by atoms with Crippen molar-refractivity contribution in [2.45, 2.75) is 5.75 Å². The van der Waals surface area contributed by atoms with Crippen LogP contribution in [0.4, 0.5) is 5.69 Å². The van der Waals surface area contributed by atoms with Crippen LogP contribution in [0.1, 0.15) is 15.9 Å². The number of anilines is 1. The molecule has 3 rings (SSSR count). The van der Waals surface area contributed by atoms with Crippen LogP contribution in [0.5, 0.6) is 0 Å². The zero-order valence-electron chi connectivity index (χ0n) is 14.8. The molecule has 0 aromatic heterocycles. The fraction of sp³-hybridized carbons (Fsp3) is 0.316. The number of nitrogens with one attached hydrogen (secondary N) is 1. The summed E-state index contributed by atoms with van der Waals surface area (Å²) < 4.78 is 26.6. The van der Waals surface area contributed by atoms with E-state index in [2.05, 4.69) is 10.2 Å². The van der Waals surface area contributed by atoms with Crippen molar-refractivity contribution in [3.63, 3.8) is 0 Å². The maximum atomic E-state index is 12.5. The predicted octanol–water partition coefficient (Wildman–Crippen LogP) is 2.02. The highest BCUT2D eigenvalue weighted by molar-refractivity contribution is 7.88. The number of piperazine rings is 1. The Kier molecular flexibility index (Phi) is 5.70. The SMILES string of the molecule is CN1CCN(S(=O)(=O)Cc2ccc(C(=O)Nc3ccccc3)cc2)CC1. The minimum Gasteiger partial charge on any atom is -0.322 e. The second-order valence-corrected chi connectivity index (χ2v) is 8.44. The van der Waals surface area contributed by atoms with E-state index in [1.165, 1.54) is 0 Å². The van der Waals surface area contributed by atoms with Gasteiger partial charge in [-0.05, 0) is 36.9 Å². The van der Waals surface area contributed by atoms with Crippen LogP contribution in [0.25, 0.3) is 0 Å². The van der Waals surface area contributed by atoms with Gasteiger partial charge in [-0.2, -0.15) is 4.31 Å². The van der Waals surface area contributed by atoms with E-state index in [0.717, 1.165) is 18.8 Å². The first-order chi connectivity index (χ1) is 12.4. The highest BCUT2D eigenvalue weighted by atomic mass is 32.2. The van der Waals surface area contributed by atoms with Crippen LogP contribution in [0.3, 0.4) is 0 Å². The molecule has 1 heterocycles. The largest absolute Gasteiger partial charge is 0.322 e. The molecule has 0 saturated carbocycles. The number of hydrogen-bond acceptors (Lipinski definition) is 4. The fourth-order valence-electron chi connectivity index (χ4n) is 2.85. The number of hydrogen-bond donors (Lipinski definition) is 1. The van der Waals surface area contributed by atoms with Gasteiger partial charge < -0.3 is 10.2 Å². The van der Waals surface area contributed by atoms with Gasteiger partial charge in [0.1, 0.15) is 0 Å². The Labute approximate surface area is 154 Å². The molecule has 0 bridgehead atoms. The number of amides is 1. The molecule has 1 saturated heterocycles. The third kappa shape index (κ3) is 4.69. The van der Waals surface area contributed by atoms with E-state index in [1.807, 2.05) is 37.4 Å². The summed E-state index contributed by atoms with van der Waals surface area (Å²) in [6.45, 7) is 2.54. The molecule has 0 radical (unpaired) electrons. The molecule has 26 heavy (non-hydrogen) atoms. The lowest BCUT2D eigenvalue weighted by molar-refractivity contribution is 0.102. The molecular formula is C19H23N3O3S. The van der Waals surface area contributed by atoms with Gasteiger partial charge >= 0.3 is 0 Å². The molecule has 0 unspecified atom stereocenters. The molecule has 7 heteroatoms. The Hall–Kier alpha value is -2.22. The van der Waals surface area contributed by atoms with E-state index in [0.29, 0.717) is 24.2 Å². The van der Waals surface area contributed by atoms with Gasteiger partial charge in [0.05, 0.1) is 5.75 Å². The Morgan fingerprint density at radius 2 is 1.58 bits per heavy atom. The Balaban J connectivity index is 1.63. The second-order valence-electron chi connectivity index (χ2n) is 6.48. The molecule has 0 atom stereocenters.